The number of hydrogen-bond acceptors (Lipinski definition) is 3. The predicted molar refractivity (Wildman–Crippen MR) is 111 cm³/mol. The van der Waals surface area contributed by atoms with Crippen LogP contribution in [0.2, 0.25) is 0 Å². The quantitative estimate of drug-likeness (QED) is 0.351. The number of rotatable bonds is 2. The van der Waals surface area contributed by atoms with E-state index in [4.69, 9.17) is 0 Å². The third-order valence-electron chi connectivity index (χ3n) is 5.42. The second-order valence-corrected chi connectivity index (χ2v) is 7.02. The van der Waals surface area contributed by atoms with E-state index in [0.29, 0.717) is 23.1 Å². The van der Waals surface area contributed by atoms with Gasteiger partial charge in [0.1, 0.15) is 5.75 Å². The molecule has 4 aromatic rings. The van der Waals surface area contributed by atoms with Crippen LogP contribution >= 0.6 is 0 Å². The summed E-state index contributed by atoms with van der Waals surface area (Å²) in [6.07, 6.45) is 0.580. The number of benzene rings is 4. The molecular formula is C25H18O3. The van der Waals surface area contributed by atoms with E-state index in [1.165, 1.54) is 0 Å². The molecule has 0 fully saturated rings. The second-order valence-electron chi connectivity index (χ2n) is 7.02. The predicted octanol–water partition coefficient (Wildman–Crippen LogP) is 5.71. The Bertz CT molecular complexity index is 1200. The number of phenols is 3. The van der Waals surface area contributed by atoms with E-state index in [1.54, 1.807) is 12.1 Å². The van der Waals surface area contributed by atoms with Crippen molar-refractivity contribution in [3.05, 3.63) is 90.0 Å². The molecule has 1 aliphatic rings. The van der Waals surface area contributed by atoms with Crippen molar-refractivity contribution in [1.82, 2.24) is 0 Å². The molecule has 0 aliphatic heterocycles. The molecule has 5 rings (SSSR count). The standard InChI is InChI=1S/C25H18O3/c26-19-13-7-12-17-14-18-20(15-8-3-1-4-9-15)22(16-10-5-2-6-11-16)24(27)25(28)23(18)21(17)19/h1-13,26-28H,14H2. The van der Waals surface area contributed by atoms with E-state index in [0.717, 1.165) is 27.8 Å². The van der Waals surface area contributed by atoms with Crippen LogP contribution in [0.5, 0.6) is 17.2 Å². The third kappa shape index (κ3) is 2.30. The van der Waals surface area contributed by atoms with E-state index < -0.39 is 0 Å². The van der Waals surface area contributed by atoms with Gasteiger partial charge in [-0.2, -0.15) is 0 Å². The Morgan fingerprint density at radius 2 is 1.07 bits per heavy atom. The van der Waals surface area contributed by atoms with Gasteiger partial charge in [0.05, 0.1) is 0 Å². The van der Waals surface area contributed by atoms with Gasteiger partial charge in [-0.1, -0.05) is 72.8 Å². The molecule has 4 aromatic carbocycles. The molecule has 0 saturated carbocycles. The maximum absolute atomic E-state index is 11.0. The van der Waals surface area contributed by atoms with Gasteiger partial charge in [0, 0.05) is 16.7 Å². The first-order chi connectivity index (χ1) is 13.7. The summed E-state index contributed by atoms with van der Waals surface area (Å²) >= 11 is 0. The van der Waals surface area contributed by atoms with Crippen molar-refractivity contribution in [2.24, 2.45) is 0 Å². The first kappa shape index (κ1) is 16.5. The van der Waals surface area contributed by atoms with Crippen molar-refractivity contribution in [2.75, 3.05) is 0 Å². The molecule has 0 radical (unpaired) electrons. The minimum atomic E-state index is -0.186. The number of phenolic OH excluding ortho intramolecular Hbond substituents is 3. The highest BCUT2D eigenvalue weighted by atomic mass is 16.3. The zero-order chi connectivity index (χ0) is 19.3. The topological polar surface area (TPSA) is 60.7 Å². The van der Waals surface area contributed by atoms with E-state index in [9.17, 15) is 15.3 Å². The Hall–Kier alpha value is -3.72. The van der Waals surface area contributed by atoms with E-state index in [1.807, 2.05) is 66.7 Å². The Balaban J connectivity index is 1.93. The summed E-state index contributed by atoms with van der Waals surface area (Å²) in [4.78, 5) is 0. The molecule has 28 heavy (non-hydrogen) atoms. The molecule has 136 valence electrons. The summed E-state index contributed by atoms with van der Waals surface area (Å²) in [5, 5.41) is 32.4. The van der Waals surface area contributed by atoms with Gasteiger partial charge in [-0.15, -0.1) is 0 Å². The van der Waals surface area contributed by atoms with Crippen LogP contribution in [-0.2, 0) is 6.42 Å². The van der Waals surface area contributed by atoms with Gasteiger partial charge in [-0.05, 0) is 40.3 Å². The lowest BCUT2D eigenvalue weighted by Gasteiger charge is -2.19. The summed E-state index contributed by atoms with van der Waals surface area (Å²) in [7, 11) is 0. The zero-order valence-corrected chi connectivity index (χ0v) is 15.1. The summed E-state index contributed by atoms with van der Waals surface area (Å²) in [6, 6.07) is 24.8. The molecule has 3 heteroatoms. The van der Waals surface area contributed by atoms with Crippen LogP contribution in [0.4, 0.5) is 0 Å². The molecule has 0 saturated heterocycles. The van der Waals surface area contributed by atoms with E-state index in [-0.39, 0.29) is 17.2 Å². The molecule has 0 aromatic heterocycles. The molecule has 0 unspecified atom stereocenters. The minimum Gasteiger partial charge on any atom is -0.507 e. The number of hydrogen-bond donors (Lipinski definition) is 3. The summed E-state index contributed by atoms with van der Waals surface area (Å²) in [6.45, 7) is 0. The molecule has 0 spiro atoms. The second kappa shape index (κ2) is 6.17. The zero-order valence-electron chi connectivity index (χ0n) is 15.1. The summed E-state index contributed by atoms with van der Waals surface area (Å²) in [5.41, 5.74) is 6.25. The fourth-order valence-electron chi connectivity index (χ4n) is 4.24. The van der Waals surface area contributed by atoms with Gasteiger partial charge < -0.3 is 15.3 Å². The lowest BCUT2D eigenvalue weighted by molar-refractivity contribution is 0.406. The van der Waals surface area contributed by atoms with Crippen LogP contribution in [-0.4, -0.2) is 15.3 Å². The minimum absolute atomic E-state index is 0.109. The first-order valence-corrected chi connectivity index (χ1v) is 9.19. The average Bonchev–Trinajstić information content (AvgIpc) is 3.12. The van der Waals surface area contributed by atoms with Crippen molar-refractivity contribution in [2.45, 2.75) is 6.42 Å². The summed E-state index contributed by atoms with van der Waals surface area (Å²) in [5.74, 6) is -0.244. The monoisotopic (exact) mass is 366 g/mol. The van der Waals surface area contributed by atoms with Gasteiger partial charge in [-0.25, -0.2) is 0 Å². The van der Waals surface area contributed by atoms with Crippen LogP contribution in [0.1, 0.15) is 11.1 Å². The van der Waals surface area contributed by atoms with Crippen LogP contribution in [0, 0.1) is 0 Å². The van der Waals surface area contributed by atoms with Crippen LogP contribution in [0.3, 0.4) is 0 Å². The van der Waals surface area contributed by atoms with Gasteiger partial charge in [0.2, 0.25) is 0 Å². The van der Waals surface area contributed by atoms with Crippen LogP contribution < -0.4 is 0 Å². The van der Waals surface area contributed by atoms with Crippen LogP contribution in [0.25, 0.3) is 33.4 Å². The Morgan fingerprint density at radius 1 is 0.500 bits per heavy atom. The number of aromatic hydroxyl groups is 3. The van der Waals surface area contributed by atoms with E-state index >= 15 is 0 Å². The highest BCUT2D eigenvalue weighted by molar-refractivity contribution is 6.01. The lowest BCUT2D eigenvalue weighted by Crippen LogP contribution is -1.95. The normalized spacial score (nSPS) is 11.9. The van der Waals surface area contributed by atoms with Crippen LogP contribution in [0.15, 0.2) is 78.9 Å². The molecule has 1 aliphatic carbocycles. The maximum Gasteiger partial charge on any atom is 0.166 e. The number of fused-ring (bicyclic) bond motifs is 3. The average molecular weight is 366 g/mol. The third-order valence-corrected chi connectivity index (χ3v) is 5.42. The van der Waals surface area contributed by atoms with Gasteiger partial charge >= 0.3 is 0 Å². The van der Waals surface area contributed by atoms with Crippen molar-refractivity contribution in [3.8, 4) is 50.6 Å². The lowest BCUT2D eigenvalue weighted by atomic mass is 9.86. The molecule has 0 amide bonds. The van der Waals surface area contributed by atoms with Crippen molar-refractivity contribution in [3.63, 3.8) is 0 Å². The molecule has 0 bridgehead atoms. The van der Waals surface area contributed by atoms with Crippen molar-refractivity contribution < 1.29 is 15.3 Å². The van der Waals surface area contributed by atoms with Gasteiger partial charge in [-0.3, -0.25) is 0 Å². The largest absolute Gasteiger partial charge is 0.507 e. The Labute approximate surface area is 162 Å². The first-order valence-electron chi connectivity index (χ1n) is 9.19. The Morgan fingerprint density at radius 3 is 1.71 bits per heavy atom. The molecule has 3 N–H and O–H groups in total. The van der Waals surface area contributed by atoms with Crippen molar-refractivity contribution >= 4 is 0 Å². The van der Waals surface area contributed by atoms with Crippen molar-refractivity contribution in [1.29, 1.82) is 0 Å². The highest BCUT2D eigenvalue weighted by Gasteiger charge is 2.32. The maximum atomic E-state index is 11.0. The highest BCUT2D eigenvalue weighted by Crippen LogP contribution is 2.57. The molecule has 0 atom stereocenters. The van der Waals surface area contributed by atoms with Gasteiger partial charge in [0.15, 0.2) is 11.5 Å². The summed E-state index contributed by atoms with van der Waals surface area (Å²) < 4.78 is 0. The molecular weight excluding hydrogens is 348 g/mol. The fraction of sp³-hybridized carbons (Fsp3) is 0.0400. The van der Waals surface area contributed by atoms with Gasteiger partial charge in [0.25, 0.3) is 0 Å². The molecule has 0 heterocycles. The molecule has 3 nitrogen and oxygen atoms in total. The smallest absolute Gasteiger partial charge is 0.166 e. The Kier molecular flexibility index (Phi) is 3.63. The van der Waals surface area contributed by atoms with E-state index in [2.05, 4.69) is 0 Å². The fourth-order valence-corrected chi connectivity index (χ4v) is 4.24. The SMILES string of the molecule is Oc1cccc2c1-c1c(O)c(O)c(-c3ccccc3)c(-c3ccccc3)c1C2.